The molecular formula is C64H41N3OS. The highest BCUT2D eigenvalue weighted by Crippen LogP contribution is 2.46. The molecule has 0 saturated carbocycles. The van der Waals surface area contributed by atoms with Gasteiger partial charge in [-0.25, -0.2) is 4.99 Å². The van der Waals surface area contributed by atoms with Gasteiger partial charge in [0.15, 0.2) is 5.84 Å². The van der Waals surface area contributed by atoms with Crippen molar-refractivity contribution in [2.45, 2.75) is 19.4 Å². The van der Waals surface area contributed by atoms with Crippen LogP contribution >= 0.6 is 11.3 Å². The van der Waals surface area contributed by atoms with Gasteiger partial charge in [-0.3, -0.25) is 4.99 Å². The predicted octanol–water partition coefficient (Wildman–Crippen LogP) is 17.7. The van der Waals surface area contributed by atoms with Gasteiger partial charge in [0.25, 0.3) is 0 Å². The number of benzene rings is 11. The Hall–Kier alpha value is -8.38. The van der Waals surface area contributed by atoms with Crippen LogP contribution in [0.15, 0.2) is 221 Å². The Balaban J connectivity index is 1.09. The first-order valence-corrected chi connectivity index (χ1v) is 24.7. The van der Waals surface area contributed by atoms with Crippen molar-refractivity contribution >= 4 is 130 Å². The molecule has 11 aromatic carbocycles. The molecule has 4 heterocycles. The summed E-state index contributed by atoms with van der Waals surface area (Å²) in [6, 6.07) is 75.5. The first-order valence-electron chi connectivity index (χ1n) is 23.9. The van der Waals surface area contributed by atoms with Crippen molar-refractivity contribution in [2.24, 2.45) is 15.9 Å². The fourth-order valence-electron chi connectivity index (χ4n) is 11.6. The SMILES string of the molecule is CCC1C(c2ccc3ccccc3c2)=NC(c2c(-n3c4cc5ccccc5cc4c4cc5ccccc5cc43)ccc3sc4cc5ccccc5cc4c23)=NC1c1ccc2c(c1)oc1ccccc12. The molecule has 1 aliphatic rings. The average molecular weight is 900 g/mol. The summed E-state index contributed by atoms with van der Waals surface area (Å²) in [4.78, 5) is 11.9. The van der Waals surface area contributed by atoms with Gasteiger partial charge in [-0.15, -0.1) is 11.3 Å². The number of aromatic nitrogens is 1. The number of amidine groups is 1. The number of aliphatic imine (C=N–C) groups is 2. The Bertz CT molecular complexity index is 4470. The molecule has 1 aliphatic heterocycles. The van der Waals surface area contributed by atoms with E-state index in [2.05, 4.69) is 212 Å². The zero-order chi connectivity index (χ0) is 45.3. The number of rotatable bonds is 5. The average Bonchev–Trinajstić information content (AvgIpc) is 4.06. The van der Waals surface area contributed by atoms with Crippen molar-refractivity contribution < 1.29 is 4.42 Å². The summed E-state index contributed by atoms with van der Waals surface area (Å²) in [6.07, 6.45) is 0.850. The van der Waals surface area contributed by atoms with Crippen LogP contribution in [0.3, 0.4) is 0 Å². The maximum Gasteiger partial charge on any atom is 0.158 e. The van der Waals surface area contributed by atoms with E-state index in [1.807, 2.05) is 17.4 Å². The maximum atomic E-state index is 6.58. The molecule has 4 nitrogen and oxygen atoms in total. The Morgan fingerprint density at radius 2 is 1.06 bits per heavy atom. The zero-order valence-electron chi connectivity index (χ0n) is 37.6. The number of fused-ring (bicyclic) bond motifs is 13. The van der Waals surface area contributed by atoms with Crippen LogP contribution in [-0.4, -0.2) is 16.1 Å². The highest BCUT2D eigenvalue weighted by atomic mass is 32.1. The minimum atomic E-state index is -0.249. The minimum Gasteiger partial charge on any atom is -0.456 e. The maximum absolute atomic E-state index is 6.58. The quantitative estimate of drug-likeness (QED) is 0.170. The van der Waals surface area contributed by atoms with Crippen molar-refractivity contribution in [1.82, 2.24) is 4.57 Å². The molecule has 2 unspecified atom stereocenters. The predicted molar refractivity (Wildman–Crippen MR) is 293 cm³/mol. The van der Waals surface area contributed by atoms with E-state index < -0.39 is 0 Å². The van der Waals surface area contributed by atoms with Gasteiger partial charge < -0.3 is 8.98 Å². The van der Waals surface area contributed by atoms with Gasteiger partial charge in [-0.1, -0.05) is 146 Å². The standard InChI is InChI=1S/C64H41N3OS/c1-2-47-62(45-24-23-37-13-3-4-14-38(37)29-45)65-64(66-63(47)46-25-26-49-48-21-11-12-22-56(48)68-57(49)35-46)61-53(27-28-58-60(61)52-32-41-17-7-10-20-44(41)36-59(52)69-58)67-54-33-42-18-8-5-15-39(42)30-50(54)51-31-40-16-6-9-19-43(40)34-55(51)67/h3-36,47,63H,2H2,1H3. The lowest BCUT2D eigenvalue weighted by atomic mass is 9.82. The highest BCUT2D eigenvalue weighted by Gasteiger charge is 2.34. The van der Waals surface area contributed by atoms with Crippen LogP contribution in [0.1, 0.15) is 36.1 Å². The van der Waals surface area contributed by atoms with E-state index in [1.54, 1.807) is 0 Å². The molecule has 0 saturated heterocycles. The van der Waals surface area contributed by atoms with Crippen molar-refractivity contribution in [2.75, 3.05) is 0 Å². The molecule has 2 atom stereocenters. The molecule has 0 amide bonds. The molecule has 69 heavy (non-hydrogen) atoms. The van der Waals surface area contributed by atoms with Gasteiger partial charge in [-0.2, -0.15) is 0 Å². The summed E-state index contributed by atoms with van der Waals surface area (Å²) < 4.78 is 11.5. The van der Waals surface area contributed by atoms with E-state index in [4.69, 9.17) is 14.4 Å². The monoisotopic (exact) mass is 899 g/mol. The molecule has 0 radical (unpaired) electrons. The zero-order valence-corrected chi connectivity index (χ0v) is 38.5. The fourth-order valence-corrected chi connectivity index (χ4v) is 12.7. The topological polar surface area (TPSA) is 42.8 Å². The van der Waals surface area contributed by atoms with E-state index in [1.165, 1.54) is 74.0 Å². The molecule has 5 heteroatoms. The molecule has 0 spiro atoms. The molecule has 0 fully saturated rings. The van der Waals surface area contributed by atoms with Crippen molar-refractivity contribution in [1.29, 1.82) is 0 Å². The second-order valence-electron chi connectivity index (χ2n) is 18.7. The van der Waals surface area contributed by atoms with Crippen molar-refractivity contribution in [3.63, 3.8) is 0 Å². The van der Waals surface area contributed by atoms with Gasteiger partial charge in [0.05, 0.1) is 34.0 Å². The van der Waals surface area contributed by atoms with Gasteiger partial charge >= 0.3 is 0 Å². The molecule has 0 aliphatic carbocycles. The van der Waals surface area contributed by atoms with E-state index in [9.17, 15) is 0 Å². The normalized spacial score (nSPS) is 15.6. The third-order valence-electron chi connectivity index (χ3n) is 14.9. The van der Waals surface area contributed by atoms with E-state index >= 15 is 0 Å². The Morgan fingerprint density at radius 1 is 0.478 bits per heavy atom. The highest BCUT2D eigenvalue weighted by molar-refractivity contribution is 7.26. The number of furan rings is 1. The Morgan fingerprint density at radius 3 is 1.74 bits per heavy atom. The van der Waals surface area contributed by atoms with Crippen LogP contribution < -0.4 is 0 Å². The van der Waals surface area contributed by atoms with E-state index in [0.717, 1.165) is 73.3 Å². The minimum absolute atomic E-state index is 0.00600. The van der Waals surface area contributed by atoms with Gasteiger partial charge in [0, 0.05) is 47.6 Å². The summed E-state index contributed by atoms with van der Waals surface area (Å²) in [6.45, 7) is 2.28. The third kappa shape index (κ3) is 5.87. The number of thiophene rings is 1. The summed E-state index contributed by atoms with van der Waals surface area (Å²) in [5.74, 6) is 0.733. The molecule has 0 N–H and O–H groups in total. The number of para-hydroxylation sites is 1. The van der Waals surface area contributed by atoms with E-state index in [0.29, 0.717) is 0 Å². The van der Waals surface area contributed by atoms with Crippen LogP contribution in [-0.2, 0) is 0 Å². The molecule has 14 aromatic rings. The molecule has 15 rings (SSSR count). The summed E-state index contributed by atoms with van der Waals surface area (Å²) in [5.41, 5.74) is 9.45. The van der Waals surface area contributed by atoms with Crippen LogP contribution in [0, 0.1) is 5.92 Å². The largest absolute Gasteiger partial charge is 0.456 e. The van der Waals surface area contributed by atoms with Crippen molar-refractivity contribution in [3.05, 3.63) is 223 Å². The lowest BCUT2D eigenvalue weighted by Gasteiger charge is -2.30. The van der Waals surface area contributed by atoms with Gasteiger partial charge in [0.2, 0.25) is 0 Å². The van der Waals surface area contributed by atoms with Crippen LogP contribution in [0.2, 0.25) is 0 Å². The lowest BCUT2D eigenvalue weighted by molar-refractivity contribution is 0.532. The Labute approximate surface area is 400 Å². The Kier molecular flexibility index (Phi) is 8.31. The van der Waals surface area contributed by atoms with Gasteiger partial charge in [0.1, 0.15) is 11.2 Å². The third-order valence-corrected chi connectivity index (χ3v) is 16.0. The first-order chi connectivity index (χ1) is 34.1. The second kappa shape index (κ2) is 14.8. The van der Waals surface area contributed by atoms with E-state index in [-0.39, 0.29) is 12.0 Å². The smallest absolute Gasteiger partial charge is 0.158 e. The molecule has 0 bridgehead atoms. The number of hydrogen-bond donors (Lipinski definition) is 0. The molecular weight excluding hydrogens is 859 g/mol. The molecule has 324 valence electrons. The van der Waals surface area contributed by atoms with Crippen LogP contribution in [0.25, 0.3) is 113 Å². The second-order valence-corrected chi connectivity index (χ2v) is 19.8. The number of nitrogens with zero attached hydrogens (tertiary/aromatic N) is 3. The summed E-state index contributed by atoms with van der Waals surface area (Å²) in [7, 11) is 0. The number of hydrogen-bond acceptors (Lipinski definition) is 4. The first kappa shape index (κ1) is 38.7. The van der Waals surface area contributed by atoms with Crippen molar-refractivity contribution in [3.8, 4) is 5.69 Å². The summed E-state index contributed by atoms with van der Waals surface area (Å²) in [5, 5.41) is 16.8. The van der Waals surface area contributed by atoms with Gasteiger partial charge in [-0.05, 0) is 127 Å². The lowest BCUT2D eigenvalue weighted by Crippen LogP contribution is -2.28. The summed E-state index contributed by atoms with van der Waals surface area (Å²) >= 11 is 1.85. The fraction of sp³-hybridized carbons (Fsp3) is 0.0625. The molecule has 3 aromatic heterocycles. The van der Waals surface area contributed by atoms with Crippen LogP contribution in [0.5, 0.6) is 0 Å². The van der Waals surface area contributed by atoms with Crippen LogP contribution in [0.4, 0.5) is 0 Å².